The molecule has 0 unspecified atom stereocenters. The van der Waals surface area contributed by atoms with Crippen molar-refractivity contribution in [1.29, 1.82) is 0 Å². The smallest absolute Gasteiger partial charge is 0.274 e. The summed E-state index contributed by atoms with van der Waals surface area (Å²) in [6, 6.07) is 0. The van der Waals surface area contributed by atoms with Gasteiger partial charge in [-0.05, 0) is 10.3 Å². The highest BCUT2D eigenvalue weighted by Gasteiger charge is 2.18. The Morgan fingerprint density at radius 3 is 2.85 bits per heavy atom. The van der Waals surface area contributed by atoms with E-state index in [9.17, 15) is 13.5 Å². The van der Waals surface area contributed by atoms with Gasteiger partial charge < -0.3 is 5.11 Å². The standard InChI is InChI=1S/C7H14N6O5S2/c1-9-6(11-15)5-7(13-18-12-5)19-3-4(14)2-10-20(8,16)17/h4,10,14-15H,2-3H2,1H3,(H,9,11)(H2,8,16,17)/t4-/m1/s1. The summed E-state index contributed by atoms with van der Waals surface area (Å²) in [6.07, 6.45) is -0.994. The third-order valence-electron chi connectivity index (χ3n) is 1.94. The lowest BCUT2D eigenvalue weighted by molar-refractivity contribution is 0.203. The van der Waals surface area contributed by atoms with Crippen molar-refractivity contribution in [2.45, 2.75) is 11.1 Å². The van der Waals surface area contributed by atoms with Crippen molar-refractivity contribution in [2.24, 2.45) is 10.1 Å². The van der Waals surface area contributed by atoms with Crippen LogP contribution < -0.4 is 15.3 Å². The number of nitrogens with one attached hydrogen (secondary N) is 2. The Bertz CT molecular complexity index is 558. The number of nitrogens with two attached hydrogens (primary N) is 1. The van der Waals surface area contributed by atoms with Gasteiger partial charge in [-0.3, -0.25) is 15.7 Å². The van der Waals surface area contributed by atoms with Gasteiger partial charge in [0.1, 0.15) is 0 Å². The fraction of sp³-hybridized carbons (Fsp3) is 0.571. The van der Waals surface area contributed by atoms with E-state index in [1.54, 1.807) is 0 Å². The molecule has 1 atom stereocenters. The van der Waals surface area contributed by atoms with E-state index in [1.807, 2.05) is 10.2 Å². The summed E-state index contributed by atoms with van der Waals surface area (Å²) in [7, 11) is -2.43. The lowest BCUT2D eigenvalue weighted by Crippen LogP contribution is -2.37. The minimum Gasteiger partial charge on any atom is -0.391 e. The monoisotopic (exact) mass is 326 g/mol. The van der Waals surface area contributed by atoms with Gasteiger partial charge >= 0.3 is 0 Å². The predicted octanol–water partition coefficient (Wildman–Crippen LogP) is -2.33. The molecule has 1 rings (SSSR count). The van der Waals surface area contributed by atoms with Crippen LogP contribution >= 0.6 is 11.8 Å². The Hall–Kier alpha value is -1.25. The van der Waals surface area contributed by atoms with Crippen LogP contribution in [0.5, 0.6) is 0 Å². The molecule has 13 heteroatoms. The van der Waals surface area contributed by atoms with Gasteiger partial charge in [0, 0.05) is 19.3 Å². The normalized spacial score (nSPS) is 14.3. The molecule has 0 aliphatic rings. The second-order valence-electron chi connectivity index (χ2n) is 3.46. The van der Waals surface area contributed by atoms with Gasteiger partial charge in [-0.15, -0.1) is 0 Å². The molecule has 0 amide bonds. The molecule has 0 aliphatic carbocycles. The van der Waals surface area contributed by atoms with Gasteiger partial charge in [-0.1, -0.05) is 11.8 Å². The molecule has 6 N–H and O–H groups in total. The van der Waals surface area contributed by atoms with Crippen molar-refractivity contribution >= 4 is 27.8 Å². The average Bonchev–Trinajstić information content (AvgIpc) is 2.83. The first-order chi connectivity index (χ1) is 9.37. The van der Waals surface area contributed by atoms with Crippen LogP contribution in [0.4, 0.5) is 0 Å². The zero-order valence-electron chi connectivity index (χ0n) is 10.3. The maximum atomic E-state index is 10.6. The third kappa shape index (κ3) is 5.40. The Morgan fingerprint density at radius 2 is 2.30 bits per heavy atom. The molecule has 0 bridgehead atoms. The highest BCUT2D eigenvalue weighted by Crippen LogP contribution is 2.19. The van der Waals surface area contributed by atoms with E-state index in [0.717, 1.165) is 11.8 Å². The number of aliphatic hydroxyl groups excluding tert-OH is 1. The zero-order chi connectivity index (χ0) is 15.2. The van der Waals surface area contributed by atoms with Crippen LogP contribution in [0.25, 0.3) is 0 Å². The topological polar surface area (TPSA) is 176 Å². The van der Waals surface area contributed by atoms with E-state index in [2.05, 4.69) is 19.9 Å². The van der Waals surface area contributed by atoms with Crippen molar-refractivity contribution in [3.05, 3.63) is 5.69 Å². The molecule has 20 heavy (non-hydrogen) atoms. The molecule has 11 nitrogen and oxygen atoms in total. The predicted molar refractivity (Wildman–Crippen MR) is 69.5 cm³/mol. The van der Waals surface area contributed by atoms with Gasteiger partial charge in [0.2, 0.25) is 0 Å². The molecule has 1 aromatic heterocycles. The first kappa shape index (κ1) is 16.8. The van der Waals surface area contributed by atoms with Crippen molar-refractivity contribution in [3.63, 3.8) is 0 Å². The minimum absolute atomic E-state index is 0.0471. The number of thioether (sulfide) groups is 1. The molecular formula is C7H14N6O5S2. The zero-order valence-corrected chi connectivity index (χ0v) is 12.0. The second kappa shape index (κ2) is 7.51. The minimum atomic E-state index is -3.85. The average molecular weight is 326 g/mol. The molecular weight excluding hydrogens is 312 g/mol. The second-order valence-corrected chi connectivity index (χ2v) is 5.85. The number of rotatable bonds is 7. The van der Waals surface area contributed by atoms with Crippen molar-refractivity contribution < 1.29 is 23.4 Å². The molecule has 0 aromatic carbocycles. The van der Waals surface area contributed by atoms with Crippen LogP contribution in [0.1, 0.15) is 5.69 Å². The highest BCUT2D eigenvalue weighted by molar-refractivity contribution is 7.99. The number of aliphatic hydroxyl groups is 1. The largest absolute Gasteiger partial charge is 0.391 e. The van der Waals surface area contributed by atoms with E-state index >= 15 is 0 Å². The Balaban J connectivity index is 2.56. The van der Waals surface area contributed by atoms with Crippen LogP contribution in [0.2, 0.25) is 0 Å². The quantitative estimate of drug-likeness (QED) is 0.159. The fourth-order valence-corrected chi connectivity index (χ4v) is 2.32. The molecule has 0 saturated carbocycles. The number of hydrogen-bond donors (Lipinski definition) is 5. The van der Waals surface area contributed by atoms with Crippen molar-refractivity contribution in [3.8, 4) is 0 Å². The number of amidine groups is 1. The summed E-state index contributed by atoms with van der Waals surface area (Å²) in [6.45, 7) is -0.237. The Labute approximate surface area is 118 Å². The van der Waals surface area contributed by atoms with Gasteiger partial charge in [0.25, 0.3) is 10.2 Å². The van der Waals surface area contributed by atoms with Crippen LogP contribution in [0.3, 0.4) is 0 Å². The van der Waals surface area contributed by atoms with Gasteiger partial charge in [0.05, 0.1) is 6.10 Å². The maximum Gasteiger partial charge on any atom is 0.274 e. The molecule has 0 aliphatic heterocycles. The van der Waals surface area contributed by atoms with Crippen molar-refractivity contribution in [1.82, 2.24) is 20.5 Å². The van der Waals surface area contributed by atoms with E-state index in [1.165, 1.54) is 7.05 Å². The Morgan fingerprint density at radius 1 is 1.60 bits per heavy atom. The first-order valence-electron chi connectivity index (χ1n) is 5.15. The van der Waals surface area contributed by atoms with Crippen LogP contribution in [-0.4, -0.2) is 60.3 Å². The molecule has 0 saturated heterocycles. The fourth-order valence-electron chi connectivity index (χ4n) is 1.08. The van der Waals surface area contributed by atoms with Gasteiger partial charge in [0.15, 0.2) is 16.6 Å². The van der Waals surface area contributed by atoms with Gasteiger partial charge in [-0.25, -0.2) is 9.77 Å². The lowest BCUT2D eigenvalue weighted by Gasteiger charge is -2.09. The molecule has 0 spiro atoms. The van der Waals surface area contributed by atoms with Crippen LogP contribution in [-0.2, 0) is 10.2 Å². The SMILES string of the molecule is CN=C(NO)c1nonc1SC[C@H](O)CNS(N)(=O)=O. The molecule has 0 fully saturated rings. The number of aliphatic imine (C=N–C) groups is 1. The lowest BCUT2D eigenvalue weighted by atomic mass is 10.4. The summed E-state index contributed by atoms with van der Waals surface area (Å²) in [5.41, 5.74) is 2.00. The summed E-state index contributed by atoms with van der Waals surface area (Å²) >= 11 is 1.05. The summed E-state index contributed by atoms with van der Waals surface area (Å²) in [4.78, 5) is 3.71. The maximum absolute atomic E-state index is 10.6. The van der Waals surface area contributed by atoms with E-state index < -0.39 is 16.3 Å². The van der Waals surface area contributed by atoms with Crippen LogP contribution in [0, 0.1) is 0 Å². The highest BCUT2D eigenvalue weighted by atomic mass is 32.2. The molecule has 0 radical (unpaired) electrons. The van der Waals surface area contributed by atoms with E-state index in [-0.39, 0.29) is 28.9 Å². The molecule has 114 valence electrons. The number of nitrogens with zero attached hydrogens (tertiary/aromatic N) is 3. The summed E-state index contributed by atoms with van der Waals surface area (Å²) < 4.78 is 27.8. The molecule has 1 heterocycles. The number of hydrogen-bond acceptors (Lipinski definition) is 9. The van der Waals surface area contributed by atoms with E-state index in [4.69, 9.17) is 10.3 Å². The van der Waals surface area contributed by atoms with Crippen molar-refractivity contribution in [2.75, 3.05) is 19.3 Å². The third-order valence-corrected chi connectivity index (χ3v) is 3.61. The number of hydroxylamine groups is 1. The van der Waals surface area contributed by atoms with E-state index in [0.29, 0.717) is 0 Å². The summed E-state index contributed by atoms with van der Waals surface area (Å²) in [5, 5.41) is 30.6. The Kier molecular flexibility index (Phi) is 6.31. The van der Waals surface area contributed by atoms with Gasteiger partial charge in [-0.2, -0.15) is 13.1 Å². The summed E-state index contributed by atoms with van der Waals surface area (Å²) in [5.74, 6) is 0.150. The van der Waals surface area contributed by atoms with Crippen LogP contribution in [0.15, 0.2) is 14.6 Å². The molecule has 1 aromatic rings. The first-order valence-corrected chi connectivity index (χ1v) is 7.68. The number of aromatic nitrogens is 2.